The number of hydrogen-bond acceptors (Lipinski definition) is 3. The van der Waals surface area contributed by atoms with E-state index >= 15 is 0 Å². The van der Waals surface area contributed by atoms with Gasteiger partial charge in [-0.1, -0.05) is 5.57 Å². The van der Waals surface area contributed by atoms with Crippen LogP contribution in [0.3, 0.4) is 0 Å². The van der Waals surface area contributed by atoms with Crippen LogP contribution in [0.1, 0.15) is 20.8 Å². The Morgan fingerprint density at radius 1 is 1.60 bits per heavy atom. The molecule has 1 aliphatic rings. The van der Waals surface area contributed by atoms with Crippen LogP contribution in [0.2, 0.25) is 0 Å². The number of carboxylic acids is 1. The Labute approximate surface area is 90.5 Å². The van der Waals surface area contributed by atoms with E-state index in [1.54, 1.807) is 0 Å². The van der Waals surface area contributed by atoms with E-state index in [1.165, 1.54) is 6.08 Å². The fourth-order valence-corrected chi connectivity index (χ4v) is 1.80. The summed E-state index contributed by atoms with van der Waals surface area (Å²) in [4.78, 5) is 12.7. The third kappa shape index (κ3) is 3.64. The van der Waals surface area contributed by atoms with E-state index in [0.29, 0.717) is 12.6 Å². The second kappa shape index (κ2) is 5.28. The summed E-state index contributed by atoms with van der Waals surface area (Å²) >= 11 is 0. The highest BCUT2D eigenvalue weighted by Crippen LogP contribution is 2.14. The van der Waals surface area contributed by atoms with E-state index < -0.39 is 5.97 Å². The minimum absolute atomic E-state index is 0.219. The van der Waals surface area contributed by atoms with Crippen molar-refractivity contribution in [3.8, 4) is 0 Å². The first kappa shape index (κ1) is 12.2. The maximum Gasteiger partial charge on any atom is 0.328 e. The number of carbonyl (C=O) groups is 1. The summed E-state index contributed by atoms with van der Waals surface area (Å²) < 4.78 is 5.51. The first-order valence-electron chi connectivity index (χ1n) is 5.26. The number of carboxylic acid groups (broad SMARTS) is 1. The molecule has 4 heteroatoms. The van der Waals surface area contributed by atoms with Gasteiger partial charge in [0.05, 0.1) is 12.7 Å². The molecular weight excluding hydrogens is 194 g/mol. The van der Waals surface area contributed by atoms with Crippen molar-refractivity contribution in [2.45, 2.75) is 32.9 Å². The van der Waals surface area contributed by atoms with Gasteiger partial charge in [-0.25, -0.2) is 4.79 Å². The average molecular weight is 213 g/mol. The zero-order chi connectivity index (χ0) is 11.4. The lowest BCUT2D eigenvalue weighted by atomic mass is 10.1. The summed E-state index contributed by atoms with van der Waals surface area (Å²) in [5, 5.41) is 8.61. The molecule has 2 atom stereocenters. The van der Waals surface area contributed by atoms with Gasteiger partial charge in [-0.2, -0.15) is 0 Å². The maximum atomic E-state index is 10.5. The lowest BCUT2D eigenvalue weighted by Crippen LogP contribution is -2.48. The second-order valence-electron chi connectivity index (χ2n) is 4.12. The lowest BCUT2D eigenvalue weighted by Gasteiger charge is -2.37. The molecule has 1 N–H and O–H groups in total. The van der Waals surface area contributed by atoms with Crippen LogP contribution in [0, 0.1) is 0 Å². The van der Waals surface area contributed by atoms with Crippen molar-refractivity contribution in [1.82, 2.24) is 4.90 Å². The van der Waals surface area contributed by atoms with E-state index in [9.17, 15) is 4.79 Å². The fraction of sp³-hybridized carbons (Fsp3) is 0.727. The van der Waals surface area contributed by atoms with Gasteiger partial charge in [-0.3, -0.25) is 4.90 Å². The summed E-state index contributed by atoms with van der Waals surface area (Å²) in [7, 11) is 0. The number of hydrogen-bond donors (Lipinski definition) is 1. The second-order valence-corrected chi connectivity index (χ2v) is 4.12. The molecule has 15 heavy (non-hydrogen) atoms. The van der Waals surface area contributed by atoms with Crippen LogP contribution >= 0.6 is 0 Å². The van der Waals surface area contributed by atoms with Crippen LogP contribution < -0.4 is 0 Å². The van der Waals surface area contributed by atoms with Crippen molar-refractivity contribution in [2.75, 3.05) is 19.7 Å². The molecule has 1 fully saturated rings. The number of nitrogens with zero attached hydrogens (tertiary/aromatic N) is 1. The Morgan fingerprint density at radius 2 is 2.27 bits per heavy atom. The van der Waals surface area contributed by atoms with Crippen LogP contribution in [0.15, 0.2) is 11.6 Å². The van der Waals surface area contributed by atoms with Gasteiger partial charge in [0.2, 0.25) is 0 Å². The molecule has 1 aliphatic heterocycles. The van der Waals surface area contributed by atoms with Crippen LogP contribution in [0.25, 0.3) is 0 Å². The molecule has 0 aromatic rings. The molecule has 0 spiro atoms. The molecule has 0 aliphatic carbocycles. The first-order chi connectivity index (χ1) is 7.00. The van der Waals surface area contributed by atoms with Crippen LogP contribution in [0.5, 0.6) is 0 Å². The summed E-state index contributed by atoms with van der Waals surface area (Å²) in [6.07, 6.45) is 1.49. The zero-order valence-electron chi connectivity index (χ0n) is 9.56. The van der Waals surface area contributed by atoms with Crippen molar-refractivity contribution in [2.24, 2.45) is 0 Å². The van der Waals surface area contributed by atoms with E-state index in [4.69, 9.17) is 9.84 Å². The summed E-state index contributed by atoms with van der Waals surface area (Å²) in [6.45, 7) is 8.31. The largest absolute Gasteiger partial charge is 0.478 e. The van der Waals surface area contributed by atoms with Crippen molar-refractivity contribution in [3.05, 3.63) is 11.6 Å². The van der Waals surface area contributed by atoms with Gasteiger partial charge in [0.1, 0.15) is 0 Å². The number of morpholine rings is 1. The highest BCUT2D eigenvalue weighted by atomic mass is 16.5. The average Bonchev–Trinajstić information content (AvgIpc) is 2.11. The molecule has 1 rings (SSSR count). The minimum atomic E-state index is -0.874. The molecule has 4 nitrogen and oxygen atoms in total. The van der Waals surface area contributed by atoms with Crippen molar-refractivity contribution >= 4 is 5.97 Å². The molecule has 0 amide bonds. The van der Waals surface area contributed by atoms with Gasteiger partial charge < -0.3 is 9.84 Å². The predicted octanol–water partition coefficient (Wildman–Crippen LogP) is 1.13. The Kier molecular flexibility index (Phi) is 4.29. The highest BCUT2D eigenvalue weighted by Gasteiger charge is 2.25. The van der Waals surface area contributed by atoms with Crippen LogP contribution in [-0.4, -0.2) is 47.8 Å². The predicted molar refractivity (Wildman–Crippen MR) is 57.8 cm³/mol. The van der Waals surface area contributed by atoms with E-state index in [0.717, 1.165) is 18.7 Å². The Morgan fingerprint density at radius 3 is 2.87 bits per heavy atom. The molecule has 0 bridgehead atoms. The molecule has 86 valence electrons. The normalized spacial score (nSPS) is 29.1. The SMILES string of the molecule is C/C(=C\C(=O)O)CN1CCOC(C)C1C. The Balaban J connectivity index is 2.53. The quantitative estimate of drug-likeness (QED) is 0.714. The standard InChI is InChI=1S/C11H19NO3/c1-8(6-11(13)14)7-12-4-5-15-10(3)9(12)2/h6,9-10H,4-5,7H2,1-3H3,(H,13,14)/b8-6+. The molecule has 1 heterocycles. The van der Waals surface area contributed by atoms with Crippen LogP contribution in [-0.2, 0) is 9.53 Å². The van der Waals surface area contributed by atoms with Gasteiger partial charge in [-0.05, 0) is 20.8 Å². The Bertz CT molecular complexity index is 263. The van der Waals surface area contributed by atoms with E-state index in [2.05, 4.69) is 11.8 Å². The fourth-order valence-electron chi connectivity index (χ4n) is 1.80. The summed E-state index contributed by atoms with van der Waals surface area (Å²) in [5.41, 5.74) is 0.878. The molecular formula is C11H19NO3. The van der Waals surface area contributed by atoms with Gasteiger partial charge in [0.25, 0.3) is 0 Å². The van der Waals surface area contributed by atoms with Gasteiger partial charge in [0.15, 0.2) is 0 Å². The third-order valence-corrected chi connectivity index (χ3v) is 2.84. The van der Waals surface area contributed by atoms with Gasteiger partial charge in [-0.15, -0.1) is 0 Å². The monoisotopic (exact) mass is 213 g/mol. The molecule has 0 saturated carbocycles. The highest BCUT2D eigenvalue weighted by molar-refractivity contribution is 5.80. The molecule has 2 unspecified atom stereocenters. The number of aliphatic carboxylic acids is 1. The van der Waals surface area contributed by atoms with E-state index in [-0.39, 0.29) is 6.10 Å². The summed E-state index contributed by atoms with van der Waals surface area (Å²) in [6, 6.07) is 0.343. The third-order valence-electron chi connectivity index (χ3n) is 2.84. The van der Waals surface area contributed by atoms with E-state index in [1.807, 2.05) is 13.8 Å². The lowest BCUT2D eigenvalue weighted by molar-refractivity contribution is -0.131. The smallest absolute Gasteiger partial charge is 0.328 e. The molecule has 0 aromatic heterocycles. The van der Waals surface area contributed by atoms with Crippen LogP contribution in [0.4, 0.5) is 0 Å². The number of rotatable bonds is 3. The molecule has 0 radical (unpaired) electrons. The molecule has 0 aromatic carbocycles. The topological polar surface area (TPSA) is 49.8 Å². The van der Waals surface area contributed by atoms with Gasteiger partial charge in [0, 0.05) is 25.2 Å². The molecule has 1 saturated heterocycles. The first-order valence-corrected chi connectivity index (χ1v) is 5.26. The zero-order valence-corrected chi connectivity index (χ0v) is 9.56. The van der Waals surface area contributed by atoms with Crippen molar-refractivity contribution < 1.29 is 14.6 Å². The number of ether oxygens (including phenoxy) is 1. The van der Waals surface area contributed by atoms with Crippen molar-refractivity contribution in [1.29, 1.82) is 0 Å². The van der Waals surface area contributed by atoms with Gasteiger partial charge >= 0.3 is 5.97 Å². The van der Waals surface area contributed by atoms with Crippen molar-refractivity contribution in [3.63, 3.8) is 0 Å². The Hall–Kier alpha value is -0.870. The maximum absolute atomic E-state index is 10.5. The summed E-state index contributed by atoms with van der Waals surface area (Å²) in [5.74, 6) is -0.874. The minimum Gasteiger partial charge on any atom is -0.478 e.